The highest BCUT2D eigenvalue weighted by molar-refractivity contribution is 7.84. The molecular weight excluding hydrogens is 267 g/mol. The van der Waals surface area contributed by atoms with Crippen molar-refractivity contribution in [1.82, 2.24) is 0 Å². The molecule has 19 heavy (non-hydrogen) atoms. The molecule has 2 aromatic carbocycles. The van der Waals surface area contributed by atoms with E-state index >= 15 is 0 Å². The molecule has 0 spiro atoms. The number of carboxylic acids is 1. The van der Waals surface area contributed by atoms with Crippen molar-refractivity contribution in [2.24, 2.45) is 0 Å². The van der Waals surface area contributed by atoms with Gasteiger partial charge in [-0.05, 0) is 23.8 Å². The van der Waals surface area contributed by atoms with E-state index in [1.165, 1.54) is 6.07 Å². The minimum absolute atomic E-state index is 0.269. The molecule has 0 aliphatic rings. The highest BCUT2D eigenvalue weighted by Crippen LogP contribution is 2.16. The van der Waals surface area contributed by atoms with Crippen molar-refractivity contribution in [3.63, 3.8) is 0 Å². The number of hydrogen-bond donors (Lipinski definition) is 1. The Balaban J connectivity index is 2.25. The fraction of sp³-hybridized carbons (Fsp3) is 0.0714. The molecule has 0 bridgehead atoms. The first kappa shape index (κ1) is 13.4. The van der Waals surface area contributed by atoms with E-state index in [0.29, 0.717) is 4.90 Å². The first-order valence-electron chi connectivity index (χ1n) is 5.53. The molecule has 0 aromatic heterocycles. The number of halogens is 1. The van der Waals surface area contributed by atoms with E-state index < -0.39 is 28.1 Å². The Bertz CT molecular complexity index is 626. The minimum Gasteiger partial charge on any atom is -0.478 e. The van der Waals surface area contributed by atoms with E-state index in [1.54, 1.807) is 0 Å². The monoisotopic (exact) mass is 278 g/mol. The molecule has 5 heteroatoms. The van der Waals surface area contributed by atoms with Gasteiger partial charge in [-0.2, -0.15) is 0 Å². The highest BCUT2D eigenvalue weighted by Gasteiger charge is 2.13. The maximum absolute atomic E-state index is 13.2. The molecule has 0 amide bonds. The average Bonchev–Trinajstić information content (AvgIpc) is 2.40. The van der Waals surface area contributed by atoms with Crippen LogP contribution in [0.4, 0.5) is 4.39 Å². The fourth-order valence-corrected chi connectivity index (χ4v) is 2.75. The molecular formula is C14H11FO3S. The summed E-state index contributed by atoms with van der Waals surface area (Å²) < 4.78 is 25.3. The number of aromatic carboxylic acids is 1. The van der Waals surface area contributed by atoms with Crippen LogP contribution in [0, 0.1) is 5.82 Å². The van der Waals surface area contributed by atoms with Crippen LogP contribution >= 0.6 is 0 Å². The number of carboxylic acid groups (broad SMARTS) is 1. The minimum atomic E-state index is -1.40. The van der Waals surface area contributed by atoms with Crippen LogP contribution in [0.3, 0.4) is 0 Å². The number of rotatable bonds is 4. The van der Waals surface area contributed by atoms with Crippen LogP contribution in [0.1, 0.15) is 15.9 Å². The third-order valence-corrected chi connectivity index (χ3v) is 3.95. The van der Waals surface area contributed by atoms with Crippen LogP contribution in [0.2, 0.25) is 0 Å². The summed E-state index contributed by atoms with van der Waals surface area (Å²) in [6.45, 7) is 0. The molecule has 0 fully saturated rings. The predicted molar refractivity (Wildman–Crippen MR) is 69.9 cm³/mol. The standard InChI is InChI=1S/C14H11FO3S/c15-13-7-6-11(8-12(13)14(16)17)19(18)9-10-4-2-1-3-5-10/h1-8H,9H2,(H,16,17). The van der Waals surface area contributed by atoms with E-state index in [2.05, 4.69) is 0 Å². The van der Waals surface area contributed by atoms with Crippen LogP contribution in [-0.4, -0.2) is 15.3 Å². The maximum Gasteiger partial charge on any atom is 0.338 e. The summed E-state index contributed by atoms with van der Waals surface area (Å²) in [5, 5.41) is 8.82. The first-order chi connectivity index (χ1) is 9.08. The van der Waals surface area contributed by atoms with Crippen LogP contribution in [0.25, 0.3) is 0 Å². The first-order valence-corrected chi connectivity index (χ1v) is 6.85. The molecule has 0 heterocycles. The maximum atomic E-state index is 13.2. The normalized spacial score (nSPS) is 12.1. The molecule has 0 aliphatic heterocycles. The van der Waals surface area contributed by atoms with Crippen LogP contribution in [0.15, 0.2) is 53.4 Å². The van der Waals surface area contributed by atoms with Crippen molar-refractivity contribution < 1.29 is 18.5 Å². The Morgan fingerprint density at radius 3 is 2.47 bits per heavy atom. The summed E-state index contributed by atoms with van der Waals surface area (Å²) in [5.41, 5.74) is 0.418. The second-order valence-corrected chi connectivity index (χ2v) is 5.37. The number of hydrogen-bond acceptors (Lipinski definition) is 2. The Morgan fingerprint density at radius 1 is 1.16 bits per heavy atom. The van der Waals surface area contributed by atoms with Gasteiger partial charge in [0.15, 0.2) is 0 Å². The number of carbonyl (C=O) groups is 1. The SMILES string of the molecule is O=C(O)c1cc(S(=O)Cc2ccccc2)ccc1F. The molecule has 0 saturated carbocycles. The smallest absolute Gasteiger partial charge is 0.338 e. The summed E-state index contributed by atoms with van der Waals surface area (Å²) in [6.07, 6.45) is 0. The summed E-state index contributed by atoms with van der Waals surface area (Å²) >= 11 is 0. The Kier molecular flexibility index (Phi) is 4.06. The lowest BCUT2D eigenvalue weighted by molar-refractivity contribution is 0.0691. The van der Waals surface area contributed by atoms with Gasteiger partial charge in [-0.25, -0.2) is 9.18 Å². The summed E-state index contributed by atoms with van der Waals surface area (Å²) in [7, 11) is -1.40. The molecule has 0 aliphatic carbocycles. The Morgan fingerprint density at radius 2 is 1.84 bits per heavy atom. The van der Waals surface area contributed by atoms with Crippen molar-refractivity contribution in [2.75, 3.05) is 0 Å². The lowest BCUT2D eigenvalue weighted by Crippen LogP contribution is -2.03. The van der Waals surface area contributed by atoms with Gasteiger partial charge in [0.2, 0.25) is 0 Å². The van der Waals surface area contributed by atoms with Gasteiger partial charge in [0, 0.05) is 4.90 Å². The molecule has 2 aromatic rings. The molecule has 3 nitrogen and oxygen atoms in total. The summed E-state index contributed by atoms with van der Waals surface area (Å²) in [6, 6.07) is 12.7. The van der Waals surface area contributed by atoms with Gasteiger partial charge < -0.3 is 5.11 Å². The molecule has 0 saturated heterocycles. The largest absolute Gasteiger partial charge is 0.478 e. The van der Waals surface area contributed by atoms with Crippen LogP contribution in [0.5, 0.6) is 0 Å². The lowest BCUT2D eigenvalue weighted by Gasteiger charge is -2.04. The van der Waals surface area contributed by atoms with Crippen molar-refractivity contribution in [3.05, 3.63) is 65.5 Å². The summed E-state index contributed by atoms with van der Waals surface area (Å²) in [4.78, 5) is 11.1. The predicted octanol–water partition coefficient (Wildman–Crippen LogP) is 2.83. The van der Waals surface area contributed by atoms with E-state index in [4.69, 9.17) is 5.11 Å². The molecule has 1 N–H and O–H groups in total. The quantitative estimate of drug-likeness (QED) is 0.935. The van der Waals surface area contributed by atoms with Crippen molar-refractivity contribution in [2.45, 2.75) is 10.6 Å². The van der Waals surface area contributed by atoms with Gasteiger partial charge in [-0.1, -0.05) is 30.3 Å². The second kappa shape index (κ2) is 5.75. The van der Waals surface area contributed by atoms with Crippen molar-refractivity contribution in [3.8, 4) is 0 Å². The van der Waals surface area contributed by atoms with E-state index in [1.807, 2.05) is 30.3 Å². The third-order valence-electron chi connectivity index (χ3n) is 2.57. The number of benzene rings is 2. The molecule has 0 radical (unpaired) electrons. The van der Waals surface area contributed by atoms with Crippen LogP contribution in [-0.2, 0) is 16.6 Å². The third kappa shape index (κ3) is 3.26. The second-order valence-electron chi connectivity index (χ2n) is 3.92. The molecule has 1 atom stereocenters. The van der Waals surface area contributed by atoms with Crippen molar-refractivity contribution >= 4 is 16.8 Å². The lowest BCUT2D eigenvalue weighted by atomic mass is 10.2. The Hall–Kier alpha value is -2.01. The molecule has 98 valence electrons. The zero-order chi connectivity index (χ0) is 13.8. The van der Waals surface area contributed by atoms with Gasteiger partial charge in [-0.3, -0.25) is 4.21 Å². The van der Waals surface area contributed by atoms with Gasteiger partial charge in [0.05, 0.1) is 22.1 Å². The Labute approximate surface area is 112 Å². The molecule has 1 unspecified atom stereocenters. The van der Waals surface area contributed by atoms with Gasteiger partial charge >= 0.3 is 5.97 Å². The van der Waals surface area contributed by atoms with E-state index in [9.17, 15) is 13.4 Å². The van der Waals surface area contributed by atoms with E-state index in [0.717, 1.165) is 17.7 Å². The zero-order valence-electron chi connectivity index (χ0n) is 9.88. The van der Waals surface area contributed by atoms with Gasteiger partial charge in [0.25, 0.3) is 0 Å². The summed E-state index contributed by atoms with van der Waals surface area (Å²) in [5.74, 6) is -1.92. The topological polar surface area (TPSA) is 54.4 Å². The zero-order valence-corrected chi connectivity index (χ0v) is 10.7. The van der Waals surface area contributed by atoms with Gasteiger partial charge in [-0.15, -0.1) is 0 Å². The van der Waals surface area contributed by atoms with E-state index in [-0.39, 0.29) is 5.75 Å². The fourth-order valence-electron chi connectivity index (χ4n) is 1.62. The highest BCUT2D eigenvalue weighted by atomic mass is 32.2. The van der Waals surface area contributed by atoms with Crippen LogP contribution < -0.4 is 0 Å². The molecule has 2 rings (SSSR count). The van der Waals surface area contributed by atoms with Gasteiger partial charge in [0.1, 0.15) is 5.82 Å². The van der Waals surface area contributed by atoms with Crippen molar-refractivity contribution in [1.29, 1.82) is 0 Å². The average molecular weight is 278 g/mol.